The van der Waals surface area contributed by atoms with Crippen molar-refractivity contribution in [3.63, 3.8) is 0 Å². The van der Waals surface area contributed by atoms with Crippen molar-refractivity contribution in [1.29, 1.82) is 0 Å². The summed E-state index contributed by atoms with van der Waals surface area (Å²) in [6.07, 6.45) is -3.63. The van der Waals surface area contributed by atoms with E-state index < -0.39 is 17.8 Å². The molecule has 0 heterocycles. The molecule has 0 unspecified atom stereocenters. The molecule has 1 aromatic rings. The van der Waals surface area contributed by atoms with Crippen LogP contribution in [0.15, 0.2) is 18.2 Å². The molecule has 3 rings (SSSR count). The quantitative estimate of drug-likeness (QED) is 0.723. The van der Waals surface area contributed by atoms with E-state index >= 15 is 0 Å². The molecule has 1 fully saturated rings. The average molecular weight is 228 g/mol. The predicted molar refractivity (Wildman–Crippen MR) is 52.2 cm³/mol. The van der Waals surface area contributed by atoms with Crippen molar-refractivity contribution < 1.29 is 18.3 Å². The standard InChI is InChI=1S/C12H11F3O/c13-12(14,15)9-3-1-2-7-6-4-8(11(7)9)10(16)5-6/h1-3,6,8,10,16H,4-5H2/t6-,8+,10-/m0/s1. The maximum absolute atomic E-state index is 12.8. The lowest BCUT2D eigenvalue weighted by Gasteiger charge is -2.23. The second-order valence-corrected chi connectivity index (χ2v) is 4.65. The van der Waals surface area contributed by atoms with E-state index in [-0.39, 0.29) is 11.8 Å². The monoisotopic (exact) mass is 228 g/mol. The minimum atomic E-state index is -4.31. The number of halogens is 3. The zero-order valence-electron chi connectivity index (χ0n) is 8.46. The van der Waals surface area contributed by atoms with Gasteiger partial charge in [0.1, 0.15) is 0 Å². The lowest BCUT2D eigenvalue weighted by Crippen LogP contribution is -2.20. The van der Waals surface area contributed by atoms with Crippen molar-refractivity contribution in [1.82, 2.24) is 0 Å². The smallest absolute Gasteiger partial charge is 0.392 e. The summed E-state index contributed by atoms with van der Waals surface area (Å²) in [5, 5.41) is 9.69. The second-order valence-electron chi connectivity index (χ2n) is 4.65. The number of alkyl halides is 3. The van der Waals surface area contributed by atoms with Gasteiger partial charge in [0.05, 0.1) is 11.7 Å². The molecule has 0 amide bonds. The SMILES string of the molecule is O[C@H]1C[C@@H]2C[C@H]1c1c2cccc1C(F)(F)F. The minimum Gasteiger partial charge on any atom is -0.392 e. The van der Waals surface area contributed by atoms with Crippen molar-refractivity contribution in [3.8, 4) is 0 Å². The van der Waals surface area contributed by atoms with Crippen molar-refractivity contribution in [2.24, 2.45) is 0 Å². The van der Waals surface area contributed by atoms with Gasteiger partial charge in [0.25, 0.3) is 0 Å². The molecule has 1 N–H and O–H groups in total. The molecule has 86 valence electrons. The van der Waals surface area contributed by atoms with Crippen molar-refractivity contribution >= 4 is 0 Å². The first-order valence-corrected chi connectivity index (χ1v) is 5.36. The summed E-state index contributed by atoms with van der Waals surface area (Å²) < 4.78 is 38.4. The van der Waals surface area contributed by atoms with Gasteiger partial charge in [0, 0.05) is 5.92 Å². The Morgan fingerprint density at radius 3 is 2.62 bits per heavy atom. The van der Waals surface area contributed by atoms with E-state index in [0.717, 1.165) is 11.6 Å². The summed E-state index contributed by atoms with van der Waals surface area (Å²) in [4.78, 5) is 0. The highest BCUT2D eigenvalue weighted by atomic mass is 19.4. The predicted octanol–water partition coefficient (Wildman–Crippen LogP) is 3.04. The average Bonchev–Trinajstić information content (AvgIpc) is 2.73. The van der Waals surface area contributed by atoms with Gasteiger partial charge in [0.2, 0.25) is 0 Å². The fourth-order valence-corrected chi connectivity index (χ4v) is 3.18. The lowest BCUT2D eigenvalue weighted by atomic mass is 9.86. The summed E-state index contributed by atoms with van der Waals surface area (Å²) in [5.41, 5.74) is 0.583. The normalized spacial score (nSPS) is 31.9. The van der Waals surface area contributed by atoms with E-state index in [1.165, 1.54) is 6.07 Å². The molecule has 4 heteroatoms. The fraction of sp³-hybridized carbons (Fsp3) is 0.500. The van der Waals surface area contributed by atoms with Crippen molar-refractivity contribution in [2.75, 3.05) is 0 Å². The second kappa shape index (κ2) is 3.00. The number of hydrogen-bond acceptors (Lipinski definition) is 1. The fourth-order valence-electron chi connectivity index (χ4n) is 3.18. The van der Waals surface area contributed by atoms with Gasteiger partial charge in [-0.2, -0.15) is 13.2 Å². The van der Waals surface area contributed by atoms with E-state index in [1.807, 2.05) is 0 Å². The first kappa shape index (κ1) is 10.1. The van der Waals surface area contributed by atoms with Crippen LogP contribution in [0.25, 0.3) is 0 Å². The molecule has 0 aromatic heterocycles. The largest absolute Gasteiger partial charge is 0.416 e. The maximum Gasteiger partial charge on any atom is 0.416 e. The molecular formula is C12H11F3O. The molecule has 0 aliphatic heterocycles. The Morgan fingerprint density at radius 1 is 1.19 bits per heavy atom. The summed E-state index contributed by atoms with van der Waals surface area (Å²) in [7, 11) is 0. The number of aliphatic hydroxyl groups is 1. The lowest BCUT2D eigenvalue weighted by molar-refractivity contribution is -0.138. The van der Waals surface area contributed by atoms with E-state index in [9.17, 15) is 18.3 Å². The zero-order chi connectivity index (χ0) is 11.5. The van der Waals surface area contributed by atoms with Crippen LogP contribution in [0.2, 0.25) is 0 Å². The van der Waals surface area contributed by atoms with Crippen LogP contribution in [0, 0.1) is 0 Å². The van der Waals surface area contributed by atoms with Crippen LogP contribution in [0.4, 0.5) is 13.2 Å². The molecule has 0 saturated heterocycles. The summed E-state index contributed by atoms with van der Waals surface area (Å²) in [6, 6.07) is 4.35. The summed E-state index contributed by atoms with van der Waals surface area (Å²) in [6.45, 7) is 0. The Kier molecular flexibility index (Phi) is 1.90. The van der Waals surface area contributed by atoms with Crippen LogP contribution >= 0.6 is 0 Å². The summed E-state index contributed by atoms with van der Waals surface area (Å²) >= 11 is 0. The topological polar surface area (TPSA) is 20.2 Å². The number of hydrogen-bond donors (Lipinski definition) is 1. The van der Waals surface area contributed by atoms with E-state index in [1.54, 1.807) is 6.07 Å². The minimum absolute atomic E-state index is 0.122. The maximum atomic E-state index is 12.8. The van der Waals surface area contributed by atoms with Gasteiger partial charge in [0.15, 0.2) is 0 Å². The number of rotatable bonds is 0. The van der Waals surface area contributed by atoms with Gasteiger partial charge in [-0.25, -0.2) is 0 Å². The van der Waals surface area contributed by atoms with Gasteiger partial charge in [-0.3, -0.25) is 0 Å². The molecule has 0 radical (unpaired) electrons. The molecule has 1 aromatic carbocycles. The third-order valence-electron chi connectivity index (χ3n) is 3.78. The third-order valence-corrected chi connectivity index (χ3v) is 3.78. The molecule has 2 aliphatic rings. The Labute approximate surface area is 90.9 Å². The van der Waals surface area contributed by atoms with Crippen LogP contribution in [0.3, 0.4) is 0 Å². The highest BCUT2D eigenvalue weighted by Crippen LogP contribution is 2.55. The van der Waals surface area contributed by atoms with Crippen molar-refractivity contribution in [2.45, 2.75) is 37.0 Å². The van der Waals surface area contributed by atoms with E-state index in [0.29, 0.717) is 18.4 Å². The zero-order valence-corrected chi connectivity index (χ0v) is 8.46. The third kappa shape index (κ3) is 1.22. The molecule has 3 atom stereocenters. The van der Waals surface area contributed by atoms with Crippen LogP contribution < -0.4 is 0 Å². The Balaban J connectivity index is 2.19. The number of aliphatic hydroxyl groups excluding tert-OH is 1. The number of benzene rings is 1. The van der Waals surface area contributed by atoms with E-state index in [2.05, 4.69) is 0 Å². The van der Waals surface area contributed by atoms with E-state index in [4.69, 9.17) is 0 Å². The molecule has 2 bridgehead atoms. The van der Waals surface area contributed by atoms with Gasteiger partial charge in [-0.05, 0) is 36.0 Å². The molecule has 1 saturated carbocycles. The summed E-state index contributed by atoms with van der Waals surface area (Å²) in [5.74, 6) is -0.185. The van der Waals surface area contributed by atoms with Crippen LogP contribution in [0.5, 0.6) is 0 Å². The van der Waals surface area contributed by atoms with Gasteiger partial charge in [-0.1, -0.05) is 12.1 Å². The highest BCUT2D eigenvalue weighted by Gasteiger charge is 2.48. The van der Waals surface area contributed by atoms with Crippen LogP contribution in [0.1, 0.15) is 41.4 Å². The van der Waals surface area contributed by atoms with Gasteiger partial charge in [-0.15, -0.1) is 0 Å². The van der Waals surface area contributed by atoms with Gasteiger partial charge < -0.3 is 5.11 Å². The molecule has 2 aliphatic carbocycles. The number of fused-ring (bicyclic) bond motifs is 5. The first-order chi connectivity index (χ1) is 7.48. The molecule has 0 spiro atoms. The molecule has 1 nitrogen and oxygen atoms in total. The van der Waals surface area contributed by atoms with Crippen LogP contribution in [-0.4, -0.2) is 11.2 Å². The van der Waals surface area contributed by atoms with Gasteiger partial charge >= 0.3 is 6.18 Å². The van der Waals surface area contributed by atoms with Crippen molar-refractivity contribution in [3.05, 3.63) is 34.9 Å². The first-order valence-electron chi connectivity index (χ1n) is 5.36. The van der Waals surface area contributed by atoms with Crippen LogP contribution in [-0.2, 0) is 6.18 Å². The Hall–Kier alpha value is -1.03. The molecular weight excluding hydrogens is 217 g/mol. The molecule has 16 heavy (non-hydrogen) atoms. The highest BCUT2D eigenvalue weighted by molar-refractivity contribution is 5.48. The Bertz CT molecular complexity index is 438. The Morgan fingerprint density at radius 2 is 1.94 bits per heavy atom.